The van der Waals surface area contributed by atoms with Crippen molar-refractivity contribution in [2.24, 2.45) is 0 Å². The number of nitrogens with one attached hydrogen (secondary N) is 2. The summed E-state index contributed by atoms with van der Waals surface area (Å²) in [6.45, 7) is 4.93. The van der Waals surface area contributed by atoms with Gasteiger partial charge < -0.3 is 10.3 Å². The lowest BCUT2D eigenvalue weighted by Gasteiger charge is -2.04. The summed E-state index contributed by atoms with van der Waals surface area (Å²) in [5.41, 5.74) is 0. The molecule has 0 aliphatic rings. The molecule has 14 heavy (non-hydrogen) atoms. The molecule has 76 valence electrons. The lowest BCUT2D eigenvalue weighted by Crippen LogP contribution is -2.06. The predicted octanol–water partition coefficient (Wildman–Crippen LogP) is 1.67. The van der Waals surface area contributed by atoms with E-state index in [1.807, 2.05) is 6.92 Å². The van der Waals surface area contributed by atoms with Gasteiger partial charge in [0.1, 0.15) is 5.82 Å². The lowest BCUT2D eigenvalue weighted by molar-refractivity contribution is 0.820. The SMILES string of the molecule is CCCCNc1nc(=S)nc(C)[nH]1.[Si]. The number of aryl methyl sites for hydroxylation is 1. The van der Waals surface area contributed by atoms with Crippen LogP contribution in [0.1, 0.15) is 25.6 Å². The third-order valence-corrected chi connectivity index (χ3v) is 1.78. The Kier molecular flexibility index (Phi) is 6.31. The maximum absolute atomic E-state index is 4.88. The van der Waals surface area contributed by atoms with E-state index >= 15 is 0 Å². The molecule has 6 heteroatoms. The molecule has 0 saturated carbocycles. The minimum atomic E-state index is 0. The Balaban J connectivity index is 0.00000169. The molecule has 0 aromatic carbocycles. The number of hydrogen-bond donors (Lipinski definition) is 2. The first-order valence-electron chi connectivity index (χ1n) is 4.41. The van der Waals surface area contributed by atoms with Crippen LogP contribution in [-0.2, 0) is 0 Å². The summed E-state index contributed by atoms with van der Waals surface area (Å²) in [5, 5.41) is 3.15. The van der Waals surface area contributed by atoms with E-state index in [1.54, 1.807) is 0 Å². The van der Waals surface area contributed by atoms with Crippen LogP contribution in [0.2, 0.25) is 0 Å². The monoisotopic (exact) mass is 226 g/mol. The Morgan fingerprint density at radius 3 is 2.71 bits per heavy atom. The Hall–Kier alpha value is -0.753. The van der Waals surface area contributed by atoms with Gasteiger partial charge in [0.15, 0.2) is 0 Å². The molecule has 0 fully saturated rings. The molecule has 1 rings (SSSR count). The van der Waals surface area contributed by atoms with Crippen molar-refractivity contribution in [3.63, 3.8) is 0 Å². The second-order valence-corrected chi connectivity index (χ2v) is 3.21. The Morgan fingerprint density at radius 2 is 2.14 bits per heavy atom. The zero-order chi connectivity index (χ0) is 9.68. The lowest BCUT2D eigenvalue weighted by atomic mass is 10.3. The maximum Gasteiger partial charge on any atom is 0.224 e. The Morgan fingerprint density at radius 1 is 1.43 bits per heavy atom. The van der Waals surface area contributed by atoms with Crippen molar-refractivity contribution in [3.05, 3.63) is 10.6 Å². The highest BCUT2D eigenvalue weighted by molar-refractivity contribution is 7.71. The summed E-state index contributed by atoms with van der Waals surface area (Å²) in [7, 11) is 0. The van der Waals surface area contributed by atoms with Crippen LogP contribution in [0.25, 0.3) is 0 Å². The summed E-state index contributed by atoms with van der Waals surface area (Å²) < 4.78 is 0.384. The van der Waals surface area contributed by atoms with Gasteiger partial charge in [0.2, 0.25) is 10.7 Å². The van der Waals surface area contributed by atoms with Gasteiger partial charge in [-0.3, -0.25) is 0 Å². The van der Waals surface area contributed by atoms with Crippen molar-refractivity contribution in [1.82, 2.24) is 15.0 Å². The van der Waals surface area contributed by atoms with Gasteiger partial charge in [-0.05, 0) is 25.6 Å². The van der Waals surface area contributed by atoms with Crippen LogP contribution in [-0.4, -0.2) is 32.5 Å². The van der Waals surface area contributed by atoms with E-state index in [4.69, 9.17) is 12.2 Å². The number of H-pyrrole nitrogens is 1. The Bertz CT molecular complexity index is 325. The minimum absolute atomic E-state index is 0. The van der Waals surface area contributed by atoms with E-state index in [-0.39, 0.29) is 11.0 Å². The average molecular weight is 226 g/mol. The van der Waals surface area contributed by atoms with Crippen molar-refractivity contribution in [2.75, 3.05) is 11.9 Å². The first-order valence-corrected chi connectivity index (χ1v) is 4.82. The highest BCUT2D eigenvalue weighted by Crippen LogP contribution is 1.98. The van der Waals surface area contributed by atoms with Crippen LogP contribution >= 0.6 is 12.2 Å². The number of nitrogens with zero attached hydrogens (tertiary/aromatic N) is 2. The van der Waals surface area contributed by atoms with E-state index in [1.165, 1.54) is 0 Å². The zero-order valence-corrected chi connectivity index (χ0v) is 10.2. The molecule has 0 amide bonds. The molecule has 4 nitrogen and oxygen atoms in total. The van der Waals surface area contributed by atoms with Crippen molar-refractivity contribution < 1.29 is 0 Å². The fourth-order valence-corrected chi connectivity index (χ4v) is 1.19. The second kappa shape index (κ2) is 6.66. The molecule has 0 aliphatic carbocycles. The first-order chi connectivity index (χ1) is 6.22. The van der Waals surface area contributed by atoms with Crippen LogP contribution in [0.3, 0.4) is 0 Å². The van der Waals surface area contributed by atoms with E-state index in [9.17, 15) is 0 Å². The van der Waals surface area contributed by atoms with Gasteiger partial charge in [0.05, 0.1) is 0 Å². The largest absolute Gasteiger partial charge is 0.356 e. The molecule has 0 spiro atoms. The first kappa shape index (κ1) is 13.2. The topological polar surface area (TPSA) is 53.6 Å². The minimum Gasteiger partial charge on any atom is -0.356 e. The van der Waals surface area contributed by atoms with Gasteiger partial charge in [0, 0.05) is 17.5 Å². The van der Waals surface area contributed by atoms with Crippen molar-refractivity contribution in [1.29, 1.82) is 0 Å². The van der Waals surface area contributed by atoms with E-state index in [2.05, 4.69) is 27.2 Å². The molecule has 1 heterocycles. The number of aromatic nitrogens is 3. The van der Waals surface area contributed by atoms with E-state index in [0.29, 0.717) is 10.7 Å². The van der Waals surface area contributed by atoms with Gasteiger partial charge in [-0.15, -0.1) is 0 Å². The van der Waals surface area contributed by atoms with E-state index in [0.717, 1.165) is 25.2 Å². The van der Waals surface area contributed by atoms with Crippen molar-refractivity contribution in [2.45, 2.75) is 26.7 Å². The van der Waals surface area contributed by atoms with Crippen LogP contribution in [0.15, 0.2) is 0 Å². The third-order valence-electron chi connectivity index (χ3n) is 1.59. The van der Waals surface area contributed by atoms with Gasteiger partial charge in [-0.1, -0.05) is 13.3 Å². The molecule has 0 unspecified atom stereocenters. The number of hydrogen-bond acceptors (Lipinski definition) is 4. The number of unbranched alkanes of at least 4 members (excludes halogenated alkanes) is 1. The molecule has 1 aromatic rings. The van der Waals surface area contributed by atoms with E-state index < -0.39 is 0 Å². The van der Waals surface area contributed by atoms with Crippen LogP contribution in [0.5, 0.6) is 0 Å². The zero-order valence-electron chi connectivity index (χ0n) is 8.42. The third kappa shape index (κ3) is 4.47. The smallest absolute Gasteiger partial charge is 0.224 e. The van der Waals surface area contributed by atoms with Gasteiger partial charge >= 0.3 is 0 Å². The highest BCUT2D eigenvalue weighted by Gasteiger charge is 1.94. The van der Waals surface area contributed by atoms with Gasteiger partial charge in [-0.25, -0.2) is 4.98 Å². The summed E-state index contributed by atoms with van der Waals surface area (Å²) in [4.78, 5) is 11.0. The highest BCUT2D eigenvalue weighted by atomic mass is 32.1. The molecular formula is C8H14N4SSi. The second-order valence-electron chi connectivity index (χ2n) is 2.85. The van der Waals surface area contributed by atoms with Crippen LogP contribution in [0.4, 0.5) is 5.95 Å². The fourth-order valence-electron chi connectivity index (χ4n) is 0.959. The van der Waals surface area contributed by atoms with Crippen LogP contribution in [0, 0.1) is 11.7 Å². The molecule has 0 aliphatic heterocycles. The molecule has 0 saturated heterocycles. The maximum atomic E-state index is 4.88. The Labute approximate surface area is 93.6 Å². The summed E-state index contributed by atoms with van der Waals surface area (Å²) in [5.74, 6) is 1.50. The number of rotatable bonds is 4. The summed E-state index contributed by atoms with van der Waals surface area (Å²) in [6.07, 6.45) is 2.29. The van der Waals surface area contributed by atoms with Crippen molar-refractivity contribution >= 4 is 29.1 Å². The summed E-state index contributed by atoms with van der Waals surface area (Å²) >= 11 is 4.88. The predicted molar refractivity (Wildman–Crippen MR) is 61.1 cm³/mol. The van der Waals surface area contributed by atoms with Crippen LogP contribution < -0.4 is 5.32 Å². The van der Waals surface area contributed by atoms with Gasteiger partial charge in [0.25, 0.3) is 0 Å². The average Bonchev–Trinajstić information content (AvgIpc) is 2.03. The molecule has 0 atom stereocenters. The fraction of sp³-hybridized carbons (Fsp3) is 0.625. The number of aromatic amines is 1. The quantitative estimate of drug-likeness (QED) is 0.466. The summed E-state index contributed by atoms with van der Waals surface area (Å²) in [6, 6.07) is 0. The molecule has 2 N–H and O–H groups in total. The standard InChI is InChI=1S/C8H14N4S.Si/c1-3-4-5-9-7-10-6(2)11-8(13)12-7;/h3-5H2,1-2H3,(H2,9,10,11,12,13);. The molecule has 0 bridgehead atoms. The van der Waals surface area contributed by atoms with Gasteiger partial charge in [-0.2, -0.15) is 4.98 Å². The van der Waals surface area contributed by atoms with Crippen molar-refractivity contribution in [3.8, 4) is 0 Å². The molecule has 4 radical (unpaired) electrons. The normalized spacial score (nSPS) is 9.29. The molecule has 1 aromatic heterocycles. The molecular weight excluding hydrogens is 212 g/mol. The number of anilines is 1.